The molecular formula is C16H14N8O. The van der Waals surface area contributed by atoms with Gasteiger partial charge in [-0.25, -0.2) is 9.97 Å². The Bertz CT molecular complexity index is 1080. The number of rotatable bonds is 4. The molecule has 0 spiro atoms. The summed E-state index contributed by atoms with van der Waals surface area (Å²) in [4.78, 5) is 20.3. The van der Waals surface area contributed by atoms with Crippen LogP contribution in [0.15, 0.2) is 43.0 Å². The number of amides is 1. The van der Waals surface area contributed by atoms with Crippen molar-refractivity contribution in [1.82, 2.24) is 29.9 Å². The number of primary amides is 1. The molecule has 4 aromatic rings. The van der Waals surface area contributed by atoms with Gasteiger partial charge >= 0.3 is 0 Å². The maximum atomic E-state index is 11.6. The number of aromatic nitrogens is 6. The lowest BCUT2D eigenvalue weighted by molar-refractivity contribution is 0.100. The van der Waals surface area contributed by atoms with Crippen molar-refractivity contribution >= 4 is 28.4 Å². The number of benzene rings is 1. The van der Waals surface area contributed by atoms with Crippen LogP contribution < -0.4 is 11.1 Å². The van der Waals surface area contributed by atoms with Gasteiger partial charge in [-0.1, -0.05) is 6.07 Å². The molecule has 0 fully saturated rings. The van der Waals surface area contributed by atoms with Crippen molar-refractivity contribution in [3.05, 3.63) is 48.5 Å². The van der Waals surface area contributed by atoms with Crippen LogP contribution in [0.5, 0.6) is 0 Å². The summed E-state index contributed by atoms with van der Waals surface area (Å²) in [7, 11) is 1.83. The Balaban J connectivity index is 1.76. The molecule has 9 nitrogen and oxygen atoms in total. The monoisotopic (exact) mass is 334 g/mol. The number of hydrogen-bond donors (Lipinski definition) is 3. The summed E-state index contributed by atoms with van der Waals surface area (Å²) in [5.74, 6) is -0.0662. The number of hydrogen-bond acceptors (Lipinski definition) is 6. The molecule has 0 aliphatic rings. The molecule has 4 N–H and O–H groups in total. The summed E-state index contributed by atoms with van der Waals surface area (Å²) >= 11 is 0. The average molecular weight is 334 g/mol. The van der Waals surface area contributed by atoms with Crippen LogP contribution in [-0.2, 0) is 7.05 Å². The van der Waals surface area contributed by atoms with Crippen LogP contribution in [-0.4, -0.2) is 35.9 Å². The largest absolute Gasteiger partial charge is 0.366 e. The zero-order valence-electron chi connectivity index (χ0n) is 13.3. The molecule has 3 heterocycles. The molecule has 1 aromatic carbocycles. The van der Waals surface area contributed by atoms with Gasteiger partial charge in [-0.15, -0.1) is 0 Å². The zero-order valence-corrected chi connectivity index (χ0v) is 13.3. The minimum atomic E-state index is -0.512. The lowest BCUT2D eigenvalue weighted by Crippen LogP contribution is -2.11. The first-order valence-electron chi connectivity index (χ1n) is 7.47. The second-order valence-corrected chi connectivity index (χ2v) is 5.48. The fraction of sp³-hybridized carbons (Fsp3) is 0.0625. The van der Waals surface area contributed by atoms with Crippen LogP contribution in [0.25, 0.3) is 22.2 Å². The third-order valence-electron chi connectivity index (χ3n) is 3.77. The number of fused-ring (bicyclic) bond motifs is 1. The standard InChI is InChI=1S/C16H14N8O/c1-24-8-9(6-20-24)21-16-18-5-4-13(22-16)10-2-3-11(15(17)25)14-12(10)7-19-23-14/h2-8H,1H3,(H2,17,25)(H,19,23)(H,18,21,22). The molecule has 124 valence electrons. The maximum Gasteiger partial charge on any atom is 0.250 e. The van der Waals surface area contributed by atoms with E-state index >= 15 is 0 Å². The van der Waals surface area contributed by atoms with E-state index in [4.69, 9.17) is 5.73 Å². The van der Waals surface area contributed by atoms with Gasteiger partial charge in [-0.2, -0.15) is 10.2 Å². The van der Waals surface area contributed by atoms with Crippen molar-refractivity contribution in [2.24, 2.45) is 12.8 Å². The van der Waals surface area contributed by atoms with Gasteiger partial charge in [0.15, 0.2) is 0 Å². The second kappa shape index (κ2) is 5.71. The molecule has 0 saturated heterocycles. The Labute approximate surface area is 141 Å². The molecule has 0 saturated carbocycles. The molecule has 0 aliphatic heterocycles. The first-order valence-corrected chi connectivity index (χ1v) is 7.47. The molecule has 0 radical (unpaired) electrons. The minimum Gasteiger partial charge on any atom is -0.366 e. The van der Waals surface area contributed by atoms with E-state index in [1.807, 2.05) is 13.2 Å². The van der Waals surface area contributed by atoms with E-state index in [9.17, 15) is 4.79 Å². The van der Waals surface area contributed by atoms with E-state index in [1.165, 1.54) is 0 Å². The molecule has 9 heteroatoms. The molecule has 0 bridgehead atoms. The van der Waals surface area contributed by atoms with Crippen LogP contribution in [0.1, 0.15) is 10.4 Å². The summed E-state index contributed by atoms with van der Waals surface area (Å²) in [5.41, 5.74) is 8.70. The number of aryl methyl sites for hydroxylation is 1. The first-order chi connectivity index (χ1) is 12.1. The zero-order chi connectivity index (χ0) is 17.4. The minimum absolute atomic E-state index is 0.388. The Hall–Kier alpha value is -3.75. The number of carbonyl (C=O) groups is 1. The molecule has 3 aromatic heterocycles. The average Bonchev–Trinajstić information content (AvgIpc) is 3.23. The van der Waals surface area contributed by atoms with Crippen LogP contribution in [0.4, 0.5) is 11.6 Å². The number of aromatic amines is 1. The summed E-state index contributed by atoms with van der Waals surface area (Å²) in [6, 6.07) is 5.25. The molecule has 0 unspecified atom stereocenters. The van der Waals surface area contributed by atoms with Crippen molar-refractivity contribution in [2.45, 2.75) is 0 Å². The molecule has 4 rings (SSSR count). The quantitative estimate of drug-likeness (QED) is 0.520. The molecule has 25 heavy (non-hydrogen) atoms. The molecule has 0 aliphatic carbocycles. The Morgan fingerprint density at radius 2 is 2.16 bits per heavy atom. The Morgan fingerprint density at radius 1 is 1.28 bits per heavy atom. The fourth-order valence-electron chi connectivity index (χ4n) is 2.65. The third-order valence-corrected chi connectivity index (χ3v) is 3.77. The van der Waals surface area contributed by atoms with E-state index < -0.39 is 5.91 Å². The van der Waals surface area contributed by atoms with Gasteiger partial charge in [-0.3, -0.25) is 14.6 Å². The van der Waals surface area contributed by atoms with Gasteiger partial charge in [0.05, 0.1) is 34.9 Å². The first kappa shape index (κ1) is 14.8. The number of nitrogens with two attached hydrogens (primary N) is 1. The van der Waals surface area contributed by atoms with E-state index in [0.29, 0.717) is 22.7 Å². The second-order valence-electron chi connectivity index (χ2n) is 5.48. The number of nitrogens with one attached hydrogen (secondary N) is 2. The third kappa shape index (κ3) is 2.67. The Kier molecular flexibility index (Phi) is 3.38. The van der Waals surface area contributed by atoms with Crippen molar-refractivity contribution in [1.29, 1.82) is 0 Å². The lowest BCUT2D eigenvalue weighted by atomic mass is 10.0. The predicted molar refractivity (Wildman–Crippen MR) is 92.1 cm³/mol. The fourth-order valence-corrected chi connectivity index (χ4v) is 2.65. The predicted octanol–water partition coefficient (Wildman–Crippen LogP) is 1.60. The van der Waals surface area contributed by atoms with Gasteiger partial charge in [-0.05, 0) is 12.1 Å². The number of nitrogens with zero attached hydrogens (tertiary/aromatic N) is 5. The van der Waals surface area contributed by atoms with Crippen LogP contribution in [0.2, 0.25) is 0 Å². The summed E-state index contributed by atoms with van der Waals surface area (Å²) in [6.45, 7) is 0. The highest BCUT2D eigenvalue weighted by atomic mass is 16.1. The van der Waals surface area contributed by atoms with Gasteiger partial charge in [0.2, 0.25) is 5.95 Å². The highest BCUT2D eigenvalue weighted by Crippen LogP contribution is 2.29. The normalized spacial score (nSPS) is 10.9. The smallest absolute Gasteiger partial charge is 0.250 e. The van der Waals surface area contributed by atoms with Crippen LogP contribution >= 0.6 is 0 Å². The lowest BCUT2D eigenvalue weighted by Gasteiger charge is -2.07. The summed E-state index contributed by atoms with van der Waals surface area (Å²) in [5, 5.41) is 14.8. The van der Waals surface area contributed by atoms with Gasteiger partial charge < -0.3 is 11.1 Å². The van der Waals surface area contributed by atoms with Crippen LogP contribution in [0.3, 0.4) is 0 Å². The number of H-pyrrole nitrogens is 1. The maximum absolute atomic E-state index is 11.6. The highest BCUT2D eigenvalue weighted by molar-refractivity contribution is 6.08. The van der Waals surface area contributed by atoms with Gasteiger partial charge in [0.1, 0.15) is 0 Å². The van der Waals surface area contributed by atoms with Gasteiger partial charge in [0, 0.05) is 30.4 Å². The molecular weight excluding hydrogens is 320 g/mol. The van der Waals surface area contributed by atoms with Crippen molar-refractivity contribution in [2.75, 3.05) is 5.32 Å². The van der Waals surface area contributed by atoms with Crippen molar-refractivity contribution in [3.8, 4) is 11.3 Å². The van der Waals surface area contributed by atoms with Gasteiger partial charge in [0.25, 0.3) is 5.91 Å². The van der Waals surface area contributed by atoms with E-state index in [2.05, 4.69) is 30.6 Å². The van der Waals surface area contributed by atoms with E-state index in [0.717, 1.165) is 16.6 Å². The highest BCUT2D eigenvalue weighted by Gasteiger charge is 2.14. The SMILES string of the molecule is Cn1cc(Nc2nccc(-c3ccc(C(N)=O)c4[nH]ncc34)n2)cn1. The van der Waals surface area contributed by atoms with E-state index in [-0.39, 0.29) is 0 Å². The topological polar surface area (TPSA) is 127 Å². The van der Waals surface area contributed by atoms with E-state index in [1.54, 1.807) is 41.5 Å². The summed E-state index contributed by atoms with van der Waals surface area (Å²) < 4.78 is 1.68. The van der Waals surface area contributed by atoms with Crippen molar-refractivity contribution in [3.63, 3.8) is 0 Å². The molecule has 1 amide bonds. The number of anilines is 2. The molecule has 0 atom stereocenters. The number of carbonyl (C=O) groups excluding carboxylic acids is 1. The van der Waals surface area contributed by atoms with Crippen molar-refractivity contribution < 1.29 is 4.79 Å². The summed E-state index contributed by atoms with van der Waals surface area (Å²) in [6.07, 6.45) is 6.82. The Morgan fingerprint density at radius 3 is 2.92 bits per heavy atom. The van der Waals surface area contributed by atoms with Crippen LogP contribution in [0, 0.1) is 0 Å².